The topological polar surface area (TPSA) is 368 Å². The Balaban J connectivity index is 2.21. The molecule has 2 aromatic rings. The first kappa shape index (κ1) is 43.9. The molecule has 1 aliphatic rings. The van der Waals surface area contributed by atoms with E-state index in [-0.39, 0.29) is 65.0 Å². The van der Waals surface area contributed by atoms with Gasteiger partial charge >= 0.3 is 34.1 Å². The first-order valence-corrected chi connectivity index (χ1v) is 16.5. The summed E-state index contributed by atoms with van der Waals surface area (Å²) in [5, 5.41) is 90.6. The van der Waals surface area contributed by atoms with E-state index < -0.39 is 110 Å². The highest BCUT2D eigenvalue weighted by molar-refractivity contribution is 6.01. The van der Waals surface area contributed by atoms with E-state index >= 15 is 0 Å². The lowest BCUT2D eigenvalue weighted by molar-refractivity contribution is -0.399. The van der Waals surface area contributed by atoms with Gasteiger partial charge in [0.1, 0.15) is 0 Å². The SMILES string of the molecule is COC(CNc1c([N+](=O)[O-])c2c([N+](=O)[O-])c(c1[N+](=O)[O-])NCCCCNc1c([N+](=O)[O-])c(c([N+](=O)[O-])c(NCC(OC)OC)c1[N+](=O)[O-])NCCCCN2)OC. The Morgan fingerprint density at radius 2 is 0.661 bits per heavy atom. The van der Waals surface area contributed by atoms with Crippen LogP contribution in [0.15, 0.2) is 0 Å². The van der Waals surface area contributed by atoms with Crippen molar-refractivity contribution < 1.29 is 48.5 Å². The smallest absolute Gasteiger partial charge is 0.329 e. The summed E-state index contributed by atoms with van der Waals surface area (Å²) in [7, 11) is 4.99. The van der Waals surface area contributed by atoms with Crippen LogP contribution < -0.4 is 31.9 Å². The highest BCUT2D eigenvalue weighted by Crippen LogP contribution is 2.54. The van der Waals surface area contributed by atoms with Crippen LogP contribution in [0.5, 0.6) is 0 Å². The van der Waals surface area contributed by atoms with Crippen molar-refractivity contribution in [2.75, 3.05) is 99.6 Å². The molecule has 0 fully saturated rings. The summed E-state index contributed by atoms with van der Waals surface area (Å²) in [6.45, 7) is -1.72. The molecule has 2 aromatic carbocycles. The van der Waals surface area contributed by atoms with Crippen molar-refractivity contribution in [3.05, 3.63) is 60.7 Å². The van der Waals surface area contributed by atoms with Crippen molar-refractivity contribution in [2.24, 2.45) is 0 Å². The van der Waals surface area contributed by atoms with Crippen LogP contribution in [-0.2, 0) is 18.9 Å². The summed E-state index contributed by atoms with van der Waals surface area (Å²) in [4.78, 5) is 68.8. The van der Waals surface area contributed by atoms with Crippen molar-refractivity contribution in [1.82, 2.24) is 0 Å². The van der Waals surface area contributed by atoms with E-state index in [4.69, 9.17) is 18.9 Å². The minimum atomic E-state index is -1.04. The summed E-state index contributed by atoms with van der Waals surface area (Å²) in [5.74, 6) is 0. The molecule has 0 radical (unpaired) electrons. The van der Waals surface area contributed by atoms with Gasteiger partial charge in [0.25, 0.3) is 0 Å². The van der Waals surface area contributed by atoms with Crippen LogP contribution >= 0.6 is 0 Å². The van der Waals surface area contributed by atoms with Crippen molar-refractivity contribution in [3.8, 4) is 0 Å². The molecule has 0 unspecified atom stereocenters. The molecule has 0 amide bonds. The fraction of sp³-hybridized carbons (Fsp3) is 0.571. The minimum absolute atomic E-state index is 0.00733. The Morgan fingerprint density at radius 1 is 0.446 bits per heavy atom. The maximum absolute atomic E-state index is 12.5. The van der Waals surface area contributed by atoms with Crippen LogP contribution in [0.3, 0.4) is 0 Å². The number of hydrogen-bond donors (Lipinski definition) is 6. The number of methoxy groups -OCH3 is 4. The number of ether oxygens (including phenoxy) is 4. The lowest BCUT2D eigenvalue weighted by Gasteiger charge is -2.19. The first-order chi connectivity index (χ1) is 26.7. The van der Waals surface area contributed by atoms with Gasteiger partial charge in [-0.25, -0.2) is 0 Å². The van der Waals surface area contributed by atoms with Gasteiger partial charge in [0.15, 0.2) is 46.7 Å². The summed E-state index contributed by atoms with van der Waals surface area (Å²) in [5.41, 5.74) is -10.2. The molecule has 56 heavy (non-hydrogen) atoms. The maximum atomic E-state index is 12.5. The largest absolute Gasteiger partial charge is 0.374 e. The van der Waals surface area contributed by atoms with Gasteiger partial charge in [0.2, 0.25) is 0 Å². The molecule has 0 saturated carbocycles. The number of anilines is 6. The molecule has 28 nitrogen and oxygen atoms in total. The van der Waals surface area contributed by atoms with Gasteiger partial charge in [-0.2, -0.15) is 0 Å². The fourth-order valence-corrected chi connectivity index (χ4v) is 5.77. The predicted octanol–water partition coefficient (Wildman–Crippen LogP) is 4.12. The lowest BCUT2D eigenvalue weighted by atomic mass is 10.1. The molecular weight excluding hydrogens is 760 g/mol. The molecule has 3 rings (SSSR count). The maximum Gasteiger partial charge on any atom is 0.329 e. The molecule has 308 valence electrons. The summed E-state index contributed by atoms with van der Waals surface area (Å²) in [6, 6.07) is 0. The number of benzene rings is 2. The van der Waals surface area contributed by atoms with E-state index in [0.29, 0.717) is 0 Å². The standard InChI is InChI=1S/C28H40N12O16/c1-53-15(54-2)13-33-21-25(37(45)46)17-23(35(41)42)18(26(21)38(47)48)30-10-6-8-12-32-20-24(36(43)44)19(31-11-7-5-9-29-17)27(39(49)50)22(28(20)40(51)52)34-14-16(55-3)56-4/h15-16,29-34H,5-14H2,1-4H3. The third-order valence-corrected chi connectivity index (χ3v) is 8.29. The van der Waals surface area contributed by atoms with E-state index in [1.54, 1.807) is 0 Å². The van der Waals surface area contributed by atoms with Crippen LogP contribution in [0.2, 0.25) is 0 Å². The van der Waals surface area contributed by atoms with E-state index in [0.717, 1.165) is 0 Å². The van der Waals surface area contributed by atoms with Crippen LogP contribution in [0.1, 0.15) is 25.7 Å². The molecule has 4 bridgehead atoms. The minimum Gasteiger partial charge on any atom is -0.374 e. The van der Waals surface area contributed by atoms with Gasteiger partial charge < -0.3 is 50.8 Å². The first-order valence-electron chi connectivity index (χ1n) is 16.5. The van der Waals surface area contributed by atoms with Gasteiger partial charge in [-0.3, -0.25) is 60.7 Å². The molecule has 0 saturated heterocycles. The fourth-order valence-electron chi connectivity index (χ4n) is 5.77. The number of fused-ring (bicyclic) bond motifs is 4. The van der Waals surface area contributed by atoms with Gasteiger partial charge in [-0.1, -0.05) is 0 Å². The second kappa shape index (κ2) is 20.2. The van der Waals surface area contributed by atoms with E-state index in [1.807, 2.05) is 0 Å². The van der Waals surface area contributed by atoms with E-state index in [1.165, 1.54) is 28.4 Å². The summed E-state index contributed by atoms with van der Waals surface area (Å²) in [6.07, 6.45) is -2.06. The van der Waals surface area contributed by atoms with E-state index in [9.17, 15) is 60.7 Å². The highest BCUT2D eigenvalue weighted by Gasteiger charge is 2.44. The average molecular weight is 801 g/mol. The zero-order valence-corrected chi connectivity index (χ0v) is 30.4. The predicted molar refractivity (Wildman–Crippen MR) is 198 cm³/mol. The summed E-state index contributed by atoms with van der Waals surface area (Å²) < 4.78 is 20.3. The number of hydrogen-bond acceptors (Lipinski definition) is 22. The summed E-state index contributed by atoms with van der Waals surface area (Å²) >= 11 is 0. The third kappa shape index (κ3) is 9.96. The second-order valence-corrected chi connectivity index (χ2v) is 11.6. The monoisotopic (exact) mass is 800 g/mol. The Kier molecular flexibility index (Phi) is 15.9. The van der Waals surface area contributed by atoms with Gasteiger partial charge in [-0.15, -0.1) is 0 Å². The molecule has 1 aliphatic heterocycles. The molecule has 0 aromatic heterocycles. The third-order valence-electron chi connectivity index (χ3n) is 8.29. The Labute approximate surface area is 315 Å². The molecule has 0 spiro atoms. The normalized spacial score (nSPS) is 13.5. The van der Waals surface area contributed by atoms with Gasteiger partial charge in [-0.05, 0) is 25.7 Å². The molecule has 6 N–H and O–H groups in total. The Bertz CT molecular complexity index is 1600. The van der Waals surface area contributed by atoms with Crippen molar-refractivity contribution in [1.29, 1.82) is 0 Å². The number of nitrogens with one attached hydrogen (secondary N) is 6. The Hall–Kier alpha value is -6.52. The van der Waals surface area contributed by atoms with Crippen LogP contribution in [0, 0.1) is 60.7 Å². The van der Waals surface area contributed by atoms with Gasteiger partial charge in [0, 0.05) is 54.6 Å². The molecule has 28 heteroatoms. The quantitative estimate of drug-likeness (QED) is 0.0789. The number of nitrogens with zero attached hydrogens (tertiary/aromatic N) is 6. The molecule has 1 heterocycles. The molecular formula is C28H40N12O16. The highest BCUT2D eigenvalue weighted by atomic mass is 16.7. The second-order valence-electron chi connectivity index (χ2n) is 11.6. The van der Waals surface area contributed by atoms with Crippen molar-refractivity contribution in [2.45, 2.75) is 38.3 Å². The van der Waals surface area contributed by atoms with Crippen molar-refractivity contribution >= 4 is 68.2 Å². The average Bonchev–Trinajstić information content (AvgIpc) is 3.13. The Morgan fingerprint density at radius 3 is 0.839 bits per heavy atom. The van der Waals surface area contributed by atoms with E-state index in [2.05, 4.69) is 31.9 Å². The number of nitro groups is 6. The lowest BCUT2D eigenvalue weighted by Crippen LogP contribution is -2.25. The number of rotatable bonds is 16. The zero-order valence-electron chi connectivity index (χ0n) is 30.4. The van der Waals surface area contributed by atoms with Crippen LogP contribution in [0.25, 0.3) is 0 Å². The molecule has 0 aliphatic carbocycles. The van der Waals surface area contributed by atoms with Gasteiger partial charge in [0.05, 0.1) is 42.6 Å². The van der Waals surface area contributed by atoms with Crippen molar-refractivity contribution in [3.63, 3.8) is 0 Å². The van der Waals surface area contributed by atoms with Crippen LogP contribution in [0.4, 0.5) is 68.2 Å². The molecule has 0 atom stereocenters. The zero-order chi connectivity index (χ0) is 41.7. The number of nitro benzene ring substituents is 6. The van der Waals surface area contributed by atoms with Crippen LogP contribution in [-0.4, -0.2) is 110 Å².